The van der Waals surface area contributed by atoms with E-state index in [0.29, 0.717) is 0 Å². The first kappa shape index (κ1) is 14.6. The molecule has 0 rings (SSSR count). The molecule has 0 aromatic rings. The third kappa shape index (κ3) is 3.62. The van der Waals surface area contributed by atoms with Gasteiger partial charge in [-0.2, -0.15) is 0 Å². The molecule has 0 fully saturated rings. The fourth-order valence-electron chi connectivity index (χ4n) is 1.14. The lowest BCUT2D eigenvalue weighted by atomic mass is 9.88. The van der Waals surface area contributed by atoms with Crippen molar-refractivity contribution >= 4 is 36.5 Å². The molecular formula is C5H17B3O4P2. The largest absolute Gasteiger partial charge is 0.346 e. The van der Waals surface area contributed by atoms with Crippen molar-refractivity contribution in [3.63, 3.8) is 0 Å². The number of hydrogen-bond donors (Lipinski definition) is 0. The van der Waals surface area contributed by atoms with Gasteiger partial charge in [-0.25, -0.2) is 0 Å². The summed E-state index contributed by atoms with van der Waals surface area (Å²) in [5, 5.41) is -0.623. The van der Waals surface area contributed by atoms with Crippen molar-refractivity contribution in [2.75, 3.05) is 14.2 Å². The van der Waals surface area contributed by atoms with Crippen molar-refractivity contribution in [2.24, 2.45) is 0 Å². The van der Waals surface area contributed by atoms with Gasteiger partial charge < -0.3 is 18.2 Å². The highest BCUT2D eigenvalue weighted by Gasteiger charge is 2.41. The molecule has 0 bridgehead atoms. The Morgan fingerprint density at radius 2 is 1.57 bits per heavy atom. The van der Waals surface area contributed by atoms with Crippen molar-refractivity contribution in [3.8, 4) is 0 Å². The fourth-order valence-corrected chi connectivity index (χ4v) is 4.97. The Bertz CT molecular complexity index is 293. The molecule has 2 atom stereocenters. The standard InChI is InChI=1S/C5H17B3O4P2/c1-5(2,13(6,9)11-3)8-14(7,10)12-4/h8H,6-7H2,1-4H3. The van der Waals surface area contributed by atoms with Crippen LogP contribution in [-0.2, 0) is 18.2 Å². The van der Waals surface area contributed by atoms with Gasteiger partial charge in [0.25, 0.3) is 0 Å². The first-order valence-corrected chi connectivity index (χ1v) is 8.66. The van der Waals surface area contributed by atoms with Crippen LogP contribution in [0, 0.1) is 0 Å². The van der Waals surface area contributed by atoms with E-state index in [-0.39, 0.29) is 7.00 Å². The Morgan fingerprint density at radius 1 is 1.14 bits per heavy atom. The molecule has 80 valence electrons. The predicted molar refractivity (Wildman–Crippen MR) is 67.5 cm³/mol. The highest BCUT2D eigenvalue weighted by atomic mass is 31.2. The zero-order valence-electron chi connectivity index (χ0n) is 9.73. The average molecular weight is 236 g/mol. The molecular weight excluding hydrogens is 218 g/mol. The van der Waals surface area contributed by atoms with E-state index in [2.05, 4.69) is 0 Å². The van der Waals surface area contributed by atoms with Gasteiger partial charge in [0.1, 0.15) is 7.13 Å². The Labute approximate surface area is 88.3 Å². The van der Waals surface area contributed by atoms with Crippen LogP contribution >= 0.6 is 14.4 Å². The second kappa shape index (κ2) is 4.61. The molecule has 0 heterocycles. The van der Waals surface area contributed by atoms with E-state index < -0.39 is 19.4 Å². The zero-order chi connectivity index (χ0) is 11.6. The van der Waals surface area contributed by atoms with Crippen molar-refractivity contribution in [3.05, 3.63) is 0 Å². The molecule has 0 saturated heterocycles. The van der Waals surface area contributed by atoms with Crippen LogP contribution in [0.15, 0.2) is 0 Å². The van der Waals surface area contributed by atoms with Gasteiger partial charge in [0.05, 0.1) is 0 Å². The van der Waals surface area contributed by atoms with Crippen LogP contribution in [0.3, 0.4) is 0 Å². The SMILES string of the molecule is BP(=O)(BC(C)(C)P(B)(=O)OC)OC. The highest BCUT2D eigenvalue weighted by Crippen LogP contribution is 2.58. The molecule has 2 unspecified atom stereocenters. The van der Waals surface area contributed by atoms with Gasteiger partial charge in [0.15, 0.2) is 7.25 Å². The average Bonchev–Trinajstić information content (AvgIpc) is 2.02. The molecule has 0 aliphatic rings. The van der Waals surface area contributed by atoms with E-state index in [0.717, 1.165) is 0 Å². The highest BCUT2D eigenvalue weighted by molar-refractivity contribution is 8.07. The van der Waals surface area contributed by atoms with Crippen LogP contribution < -0.4 is 0 Å². The van der Waals surface area contributed by atoms with Gasteiger partial charge in [-0.1, -0.05) is 13.8 Å². The molecule has 0 saturated carbocycles. The predicted octanol–water partition coefficient (Wildman–Crippen LogP) is 0.0192. The monoisotopic (exact) mass is 236 g/mol. The van der Waals surface area contributed by atoms with Gasteiger partial charge in [-0.15, -0.1) is 0 Å². The first-order chi connectivity index (χ1) is 6.08. The van der Waals surface area contributed by atoms with E-state index in [9.17, 15) is 9.13 Å². The third-order valence-electron chi connectivity index (χ3n) is 2.51. The molecule has 0 aromatic heterocycles. The van der Waals surface area contributed by atoms with E-state index in [1.54, 1.807) is 29.0 Å². The fraction of sp³-hybridized carbons (Fsp3) is 1.00. The lowest BCUT2D eigenvalue weighted by Crippen LogP contribution is -2.30. The molecule has 14 heavy (non-hydrogen) atoms. The molecule has 0 aliphatic heterocycles. The minimum atomic E-state index is -2.74. The van der Waals surface area contributed by atoms with Crippen LogP contribution in [0.1, 0.15) is 13.8 Å². The van der Waals surface area contributed by atoms with Gasteiger partial charge in [-0.05, 0) is 0 Å². The summed E-state index contributed by atoms with van der Waals surface area (Å²) in [5.74, 6) is 0. The summed E-state index contributed by atoms with van der Waals surface area (Å²) >= 11 is 0. The minimum absolute atomic E-state index is 0.262. The lowest BCUT2D eigenvalue weighted by Gasteiger charge is -2.31. The number of hydrogen-bond acceptors (Lipinski definition) is 4. The van der Waals surface area contributed by atoms with Crippen LogP contribution in [0.4, 0.5) is 0 Å². The summed E-state index contributed by atoms with van der Waals surface area (Å²) in [4.78, 5) is 0. The molecule has 0 spiro atoms. The first-order valence-electron chi connectivity index (χ1n) is 4.33. The van der Waals surface area contributed by atoms with E-state index in [1.165, 1.54) is 14.2 Å². The Kier molecular flexibility index (Phi) is 4.80. The Morgan fingerprint density at radius 3 is 1.86 bits per heavy atom. The third-order valence-corrected chi connectivity index (χ3v) is 7.95. The maximum atomic E-state index is 12.0. The van der Waals surface area contributed by atoms with Crippen molar-refractivity contribution in [1.82, 2.24) is 0 Å². The topological polar surface area (TPSA) is 52.6 Å². The summed E-state index contributed by atoms with van der Waals surface area (Å²) < 4.78 is 33.6. The smallest absolute Gasteiger partial charge is 0.236 e. The van der Waals surface area contributed by atoms with E-state index in [4.69, 9.17) is 9.05 Å². The maximum Gasteiger partial charge on any atom is 0.236 e. The Balaban J connectivity index is 4.83. The second-order valence-corrected chi connectivity index (χ2v) is 10.2. The van der Waals surface area contributed by atoms with Crippen LogP contribution in [-0.4, -0.2) is 41.4 Å². The normalized spacial score (nSPS) is 20.9. The quantitative estimate of drug-likeness (QED) is 0.498. The summed E-state index contributed by atoms with van der Waals surface area (Å²) in [6.45, 7) is 3.83. The van der Waals surface area contributed by atoms with Crippen molar-refractivity contribution in [1.29, 1.82) is 0 Å². The molecule has 0 amide bonds. The van der Waals surface area contributed by atoms with Gasteiger partial charge in [-0.3, -0.25) is 0 Å². The van der Waals surface area contributed by atoms with E-state index in [1.807, 2.05) is 0 Å². The summed E-state index contributed by atoms with van der Waals surface area (Å²) in [6, 6.07) is 0. The van der Waals surface area contributed by atoms with Gasteiger partial charge in [0.2, 0.25) is 22.1 Å². The minimum Gasteiger partial charge on any atom is -0.346 e. The maximum absolute atomic E-state index is 12.0. The summed E-state index contributed by atoms with van der Waals surface area (Å²) in [5.41, 5.74) is 0. The summed E-state index contributed by atoms with van der Waals surface area (Å²) in [7, 11) is 0.529. The molecule has 9 heteroatoms. The zero-order valence-corrected chi connectivity index (χ0v) is 11.5. The molecule has 0 radical (unpaired) electrons. The molecule has 0 aliphatic carbocycles. The Hall–Kier alpha value is 0.575. The van der Waals surface area contributed by atoms with Crippen molar-refractivity contribution < 1.29 is 18.2 Å². The summed E-state index contributed by atoms with van der Waals surface area (Å²) in [6.07, 6.45) is 0. The molecule has 0 aromatic carbocycles. The second-order valence-electron chi connectivity index (χ2n) is 4.20. The van der Waals surface area contributed by atoms with Crippen LogP contribution in [0.25, 0.3) is 0 Å². The van der Waals surface area contributed by atoms with Gasteiger partial charge in [0, 0.05) is 19.3 Å². The number of rotatable bonds is 5. The lowest BCUT2D eigenvalue weighted by molar-refractivity contribution is 0.395. The molecule has 4 nitrogen and oxygen atoms in total. The van der Waals surface area contributed by atoms with Crippen molar-refractivity contribution in [2.45, 2.75) is 18.9 Å². The van der Waals surface area contributed by atoms with Gasteiger partial charge >= 0.3 is 0 Å². The van der Waals surface area contributed by atoms with Crippen LogP contribution in [0.2, 0.25) is 0 Å². The molecule has 0 N–H and O–H groups in total. The van der Waals surface area contributed by atoms with Crippen LogP contribution in [0.5, 0.6) is 0 Å². The van der Waals surface area contributed by atoms with E-state index >= 15 is 0 Å².